The molecule has 5 nitrogen and oxygen atoms in total. The maximum Gasteiger partial charge on any atom is 0.314 e. The maximum atomic E-state index is 10.8. The van der Waals surface area contributed by atoms with Crippen molar-refractivity contribution in [1.29, 1.82) is 5.41 Å². The number of carbonyl (C=O) groups is 1. The smallest absolute Gasteiger partial charge is 0.314 e. The molecule has 0 heterocycles. The first kappa shape index (κ1) is 14.5. The van der Waals surface area contributed by atoms with E-state index in [1.807, 2.05) is 6.92 Å². The van der Waals surface area contributed by atoms with Crippen LogP contribution in [0.1, 0.15) is 33.1 Å². The van der Waals surface area contributed by atoms with E-state index in [4.69, 9.17) is 10.5 Å². The van der Waals surface area contributed by atoms with Gasteiger partial charge in [-0.3, -0.25) is 10.2 Å². The van der Waals surface area contributed by atoms with Gasteiger partial charge in [-0.25, -0.2) is 9.79 Å². The largest absolute Gasteiger partial charge is 0.481 e. The lowest BCUT2D eigenvalue weighted by Crippen LogP contribution is -2.22. The molecule has 0 aromatic heterocycles. The third kappa shape index (κ3) is 5.21. The summed E-state index contributed by atoms with van der Waals surface area (Å²) in [7, 11) is -3.46. The molecule has 6 heteroatoms. The molecule has 0 bridgehead atoms. The van der Waals surface area contributed by atoms with Crippen LogP contribution in [0.2, 0.25) is 0 Å². The number of carboxylic acid groups (broad SMARTS) is 1. The highest BCUT2D eigenvalue weighted by Crippen LogP contribution is 2.52. The normalized spacial score (nSPS) is 13.6. The summed E-state index contributed by atoms with van der Waals surface area (Å²) in [5.74, 6) is -1.77. The zero-order valence-corrected chi connectivity index (χ0v) is 10.00. The Morgan fingerprint density at radius 1 is 1.47 bits per heavy atom. The van der Waals surface area contributed by atoms with Crippen molar-refractivity contribution < 1.29 is 19.7 Å². The van der Waals surface area contributed by atoms with Crippen LogP contribution >= 0.6 is 7.72 Å². The summed E-state index contributed by atoms with van der Waals surface area (Å²) in [4.78, 5) is 29.8. The van der Waals surface area contributed by atoms with Crippen LogP contribution < -0.4 is 0 Å². The molecule has 0 aliphatic heterocycles. The quantitative estimate of drug-likeness (QED) is 0.399. The Bertz CT molecular complexity index is 242. The Labute approximate surface area is 90.1 Å². The van der Waals surface area contributed by atoms with Gasteiger partial charge in [0.05, 0.1) is 5.92 Å². The summed E-state index contributed by atoms with van der Waals surface area (Å²) in [6.45, 7) is 3.24. The van der Waals surface area contributed by atoms with Crippen LogP contribution in [0.4, 0.5) is 0 Å². The van der Waals surface area contributed by atoms with Gasteiger partial charge < -0.3 is 5.11 Å². The second-order valence-corrected chi connectivity index (χ2v) is 6.17. The van der Waals surface area contributed by atoms with Gasteiger partial charge in [0.15, 0.2) is 0 Å². The van der Waals surface area contributed by atoms with Gasteiger partial charge in [-0.15, -0.1) is 0 Å². The summed E-state index contributed by atoms with van der Waals surface area (Å²) >= 11 is 0. The Morgan fingerprint density at radius 2 is 2.00 bits per heavy atom. The van der Waals surface area contributed by atoms with Crippen LogP contribution in [-0.4, -0.2) is 32.5 Å². The Balaban J connectivity index is 4.40. The van der Waals surface area contributed by atoms with E-state index in [1.54, 1.807) is 0 Å². The van der Waals surface area contributed by atoms with Crippen LogP contribution in [0.3, 0.4) is 0 Å². The molecule has 88 valence electrons. The first-order valence-corrected chi connectivity index (χ1v) is 6.81. The molecule has 0 aromatic rings. The van der Waals surface area contributed by atoms with Crippen LogP contribution in [0, 0.1) is 11.3 Å². The molecule has 0 saturated carbocycles. The third-order valence-corrected chi connectivity index (χ3v) is 4.29. The summed E-state index contributed by atoms with van der Waals surface area (Å²) in [6.07, 6.45) is 1.84. The van der Waals surface area contributed by atoms with Gasteiger partial charge in [0.2, 0.25) is 5.45 Å². The minimum Gasteiger partial charge on any atom is -0.481 e. The Morgan fingerprint density at radius 3 is 2.33 bits per heavy atom. The lowest BCUT2D eigenvalue weighted by Gasteiger charge is -2.15. The van der Waals surface area contributed by atoms with Gasteiger partial charge >= 0.3 is 13.7 Å². The molecule has 0 aromatic carbocycles. The lowest BCUT2D eigenvalue weighted by atomic mass is 10.1. The van der Waals surface area contributed by atoms with E-state index in [2.05, 4.69) is 0 Å². The number of carboxylic acids is 1. The van der Waals surface area contributed by atoms with E-state index >= 15 is 0 Å². The van der Waals surface area contributed by atoms with Gasteiger partial charge in [-0.05, 0) is 6.42 Å². The van der Waals surface area contributed by atoms with Crippen LogP contribution in [0.25, 0.3) is 0 Å². The fraction of sp³-hybridized carbons (Fsp3) is 0.778. The van der Waals surface area contributed by atoms with Gasteiger partial charge in [-0.1, -0.05) is 19.8 Å². The number of aliphatic carboxylic acids is 1. The second kappa shape index (κ2) is 6.16. The number of hydrogen-bond donors (Lipinski definition) is 4. The predicted octanol–water partition coefficient (Wildman–Crippen LogP) is 1.71. The first-order chi connectivity index (χ1) is 6.81. The minimum absolute atomic E-state index is 0.211. The van der Waals surface area contributed by atoms with E-state index in [-0.39, 0.29) is 11.6 Å². The van der Waals surface area contributed by atoms with E-state index < -0.39 is 19.6 Å². The van der Waals surface area contributed by atoms with Crippen molar-refractivity contribution in [2.75, 3.05) is 6.16 Å². The molecule has 4 N–H and O–H groups in total. The van der Waals surface area contributed by atoms with Crippen molar-refractivity contribution in [3.05, 3.63) is 0 Å². The van der Waals surface area contributed by atoms with Crippen molar-refractivity contribution in [3.8, 4) is 0 Å². The average Bonchev–Trinajstić information content (AvgIpc) is 2.11. The third-order valence-electron chi connectivity index (χ3n) is 2.27. The number of nitrogens with one attached hydrogen (secondary N) is 1. The molecule has 0 saturated heterocycles. The van der Waals surface area contributed by atoms with Gasteiger partial charge in [0.1, 0.15) is 6.16 Å². The van der Waals surface area contributed by atoms with Crippen molar-refractivity contribution in [2.45, 2.75) is 33.1 Å². The second-order valence-electron chi connectivity index (χ2n) is 3.68. The van der Waals surface area contributed by atoms with Gasteiger partial charge in [0, 0.05) is 6.92 Å². The predicted molar refractivity (Wildman–Crippen MR) is 60.3 cm³/mol. The summed E-state index contributed by atoms with van der Waals surface area (Å²) in [6, 6.07) is 0. The fourth-order valence-electron chi connectivity index (χ4n) is 1.19. The molecule has 1 unspecified atom stereocenters. The molecular weight excluding hydrogens is 217 g/mol. The minimum atomic E-state index is -3.46. The Kier molecular flexibility index (Phi) is 5.95. The zero-order chi connectivity index (χ0) is 12.1. The van der Waals surface area contributed by atoms with Crippen molar-refractivity contribution in [3.63, 3.8) is 0 Å². The molecule has 0 rings (SSSR count). The number of unbranched alkanes of at least 4 members (excludes halogenated alkanes) is 1. The van der Waals surface area contributed by atoms with Gasteiger partial charge in [-0.2, -0.15) is 0 Å². The molecule has 0 aliphatic rings. The zero-order valence-electron chi connectivity index (χ0n) is 9.10. The van der Waals surface area contributed by atoms with E-state index in [0.29, 0.717) is 6.42 Å². The standard InChI is InChI=1S/C9H18NO4P/c1-3-4-5-8(9(11)12)6-15(13,14)7(2)10/h8,10,13-14H,3-6H2,1-2H3/p+1. The number of rotatable bonds is 7. The summed E-state index contributed by atoms with van der Waals surface area (Å²) in [5.41, 5.74) is -0.217. The maximum absolute atomic E-state index is 10.8. The highest BCUT2D eigenvalue weighted by atomic mass is 31.2. The van der Waals surface area contributed by atoms with E-state index in [9.17, 15) is 14.6 Å². The van der Waals surface area contributed by atoms with Crippen LogP contribution in [-0.2, 0) is 4.79 Å². The molecule has 0 radical (unpaired) electrons. The van der Waals surface area contributed by atoms with Gasteiger partial charge in [0.25, 0.3) is 0 Å². The highest BCUT2D eigenvalue weighted by molar-refractivity contribution is 7.81. The fourth-order valence-corrected chi connectivity index (χ4v) is 2.41. The van der Waals surface area contributed by atoms with E-state index in [0.717, 1.165) is 12.8 Å². The molecule has 0 fully saturated rings. The van der Waals surface area contributed by atoms with Crippen molar-refractivity contribution in [1.82, 2.24) is 0 Å². The SMILES string of the molecule is CCCCC(C[P+](O)(O)C(C)=N)C(=O)O. The summed E-state index contributed by atoms with van der Waals surface area (Å²) in [5, 5.41) is 16.0. The van der Waals surface area contributed by atoms with Crippen LogP contribution in [0.5, 0.6) is 0 Å². The topological polar surface area (TPSA) is 102 Å². The number of hydrogen-bond acceptors (Lipinski definition) is 4. The van der Waals surface area contributed by atoms with Crippen molar-refractivity contribution in [2.24, 2.45) is 5.92 Å². The molecule has 0 amide bonds. The molecule has 0 spiro atoms. The van der Waals surface area contributed by atoms with Crippen LogP contribution in [0.15, 0.2) is 0 Å². The molecule has 0 aliphatic carbocycles. The van der Waals surface area contributed by atoms with Crippen molar-refractivity contribution >= 4 is 19.1 Å². The first-order valence-electron chi connectivity index (χ1n) is 4.93. The monoisotopic (exact) mass is 236 g/mol. The summed E-state index contributed by atoms with van der Waals surface area (Å²) < 4.78 is 0. The average molecular weight is 236 g/mol. The lowest BCUT2D eigenvalue weighted by molar-refractivity contribution is -0.141. The Hall–Kier alpha value is -0.510. The van der Waals surface area contributed by atoms with E-state index in [1.165, 1.54) is 6.92 Å². The molecule has 15 heavy (non-hydrogen) atoms. The highest BCUT2D eigenvalue weighted by Gasteiger charge is 2.42. The molecule has 1 atom stereocenters. The molecular formula is C9H19NO4P+.